The van der Waals surface area contributed by atoms with Gasteiger partial charge in [-0.3, -0.25) is 0 Å². The van der Waals surface area contributed by atoms with Crippen LogP contribution in [0.3, 0.4) is 0 Å². The zero-order chi connectivity index (χ0) is 14.2. The van der Waals surface area contributed by atoms with E-state index in [1.165, 1.54) is 38.5 Å². The Balaban J connectivity index is 1.72. The van der Waals surface area contributed by atoms with Crippen LogP contribution in [0.1, 0.15) is 44.1 Å². The van der Waals surface area contributed by atoms with Gasteiger partial charge in [0, 0.05) is 24.3 Å². The van der Waals surface area contributed by atoms with E-state index >= 15 is 0 Å². The molecule has 1 spiro atoms. The molecule has 2 aliphatic rings. The minimum Gasteiger partial charge on any atom is -0.389 e. The first-order valence-corrected chi connectivity index (χ1v) is 7.85. The predicted octanol–water partition coefficient (Wildman–Crippen LogP) is 3.62. The molecule has 4 heteroatoms. The molecule has 0 bridgehead atoms. The Bertz CT molecular complexity index is 513. The summed E-state index contributed by atoms with van der Waals surface area (Å²) >= 11 is 4.84. The third kappa shape index (κ3) is 2.53. The van der Waals surface area contributed by atoms with Gasteiger partial charge >= 0.3 is 0 Å². The van der Waals surface area contributed by atoms with E-state index in [0.29, 0.717) is 11.0 Å². The van der Waals surface area contributed by atoms with Crippen molar-refractivity contribution < 1.29 is 4.39 Å². The maximum Gasteiger partial charge on any atom is 0.135 e. The average Bonchev–Trinajstić information content (AvgIpc) is 2.87. The van der Waals surface area contributed by atoms with Crippen LogP contribution in [0.15, 0.2) is 18.2 Å². The number of anilines is 1. The van der Waals surface area contributed by atoms with Gasteiger partial charge in [-0.05, 0) is 49.3 Å². The Morgan fingerprint density at radius 2 is 1.80 bits per heavy atom. The summed E-state index contributed by atoms with van der Waals surface area (Å²) in [4.78, 5) is 2.41. The lowest BCUT2D eigenvalue weighted by atomic mass is 9.77. The molecule has 1 aliphatic heterocycles. The maximum absolute atomic E-state index is 14.0. The lowest BCUT2D eigenvalue weighted by molar-refractivity contribution is 0.226. The molecule has 1 aliphatic carbocycles. The van der Waals surface area contributed by atoms with Gasteiger partial charge in [0.15, 0.2) is 0 Å². The van der Waals surface area contributed by atoms with E-state index in [1.54, 1.807) is 12.1 Å². The summed E-state index contributed by atoms with van der Waals surface area (Å²) in [5, 5.41) is 0. The van der Waals surface area contributed by atoms with Crippen molar-refractivity contribution in [1.29, 1.82) is 0 Å². The molecular weight excluding hydrogens is 271 g/mol. The van der Waals surface area contributed by atoms with Gasteiger partial charge in [0.05, 0.1) is 0 Å². The molecule has 0 amide bonds. The number of benzene rings is 1. The second kappa shape index (κ2) is 5.32. The Hall–Kier alpha value is -1.16. The van der Waals surface area contributed by atoms with E-state index in [2.05, 4.69) is 4.90 Å². The third-order valence-electron chi connectivity index (χ3n) is 5.07. The van der Waals surface area contributed by atoms with Crippen molar-refractivity contribution in [1.82, 2.24) is 0 Å². The molecule has 1 aromatic carbocycles. The molecule has 0 radical (unpaired) electrons. The van der Waals surface area contributed by atoms with Crippen molar-refractivity contribution in [3.8, 4) is 0 Å². The highest BCUT2D eigenvalue weighted by Crippen LogP contribution is 2.46. The number of piperidine rings is 1. The monoisotopic (exact) mass is 292 g/mol. The highest BCUT2D eigenvalue weighted by Gasteiger charge is 2.36. The lowest BCUT2D eigenvalue weighted by Gasteiger charge is -2.40. The lowest BCUT2D eigenvalue weighted by Crippen LogP contribution is -2.38. The van der Waals surface area contributed by atoms with E-state index in [-0.39, 0.29) is 10.8 Å². The number of nitrogens with two attached hydrogens (primary N) is 1. The Kier molecular flexibility index (Phi) is 3.67. The molecular formula is C16H21FN2S. The van der Waals surface area contributed by atoms with Crippen LogP contribution in [0, 0.1) is 11.2 Å². The largest absolute Gasteiger partial charge is 0.389 e. The first-order chi connectivity index (χ1) is 9.60. The molecule has 1 aromatic rings. The second-order valence-electron chi connectivity index (χ2n) is 6.22. The Morgan fingerprint density at radius 1 is 1.15 bits per heavy atom. The molecule has 0 atom stereocenters. The van der Waals surface area contributed by atoms with Crippen molar-refractivity contribution in [2.75, 3.05) is 18.0 Å². The summed E-state index contributed by atoms with van der Waals surface area (Å²) < 4.78 is 14.0. The zero-order valence-corrected chi connectivity index (χ0v) is 12.5. The number of hydrogen-bond acceptors (Lipinski definition) is 2. The second-order valence-corrected chi connectivity index (χ2v) is 6.66. The van der Waals surface area contributed by atoms with Crippen molar-refractivity contribution in [3.05, 3.63) is 29.6 Å². The van der Waals surface area contributed by atoms with Gasteiger partial charge in [-0.2, -0.15) is 0 Å². The van der Waals surface area contributed by atoms with Crippen molar-refractivity contribution in [2.24, 2.45) is 11.1 Å². The number of rotatable bonds is 2. The van der Waals surface area contributed by atoms with Crippen molar-refractivity contribution in [3.63, 3.8) is 0 Å². The molecule has 0 aromatic heterocycles. The third-order valence-corrected chi connectivity index (χ3v) is 5.29. The summed E-state index contributed by atoms with van der Waals surface area (Å²) in [5.74, 6) is -0.309. The molecule has 108 valence electrons. The Labute approximate surface area is 125 Å². The van der Waals surface area contributed by atoms with E-state index in [9.17, 15) is 4.39 Å². The van der Waals surface area contributed by atoms with Gasteiger partial charge < -0.3 is 10.6 Å². The highest BCUT2D eigenvalue weighted by atomic mass is 32.1. The first-order valence-electron chi connectivity index (χ1n) is 7.44. The Morgan fingerprint density at radius 3 is 2.35 bits per heavy atom. The topological polar surface area (TPSA) is 29.3 Å². The smallest absolute Gasteiger partial charge is 0.135 e. The van der Waals surface area contributed by atoms with Crippen LogP contribution in [0.2, 0.25) is 0 Å². The fourth-order valence-electron chi connectivity index (χ4n) is 3.76. The van der Waals surface area contributed by atoms with Gasteiger partial charge in [0.25, 0.3) is 0 Å². The number of halogens is 1. The van der Waals surface area contributed by atoms with Gasteiger partial charge in [-0.1, -0.05) is 25.1 Å². The van der Waals surface area contributed by atoms with Crippen molar-refractivity contribution in [2.45, 2.75) is 38.5 Å². The van der Waals surface area contributed by atoms with E-state index < -0.39 is 0 Å². The van der Waals surface area contributed by atoms with Crippen LogP contribution >= 0.6 is 12.2 Å². The van der Waals surface area contributed by atoms with Crippen LogP contribution in [-0.2, 0) is 0 Å². The average molecular weight is 292 g/mol. The summed E-state index contributed by atoms with van der Waals surface area (Å²) in [5.41, 5.74) is 7.39. The number of thiocarbonyl (C=S) groups is 1. The molecule has 1 heterocycles. The molecule has 2 nitrogen and oxygen atoms in total. The van der Waals surface area contributed by atoms with Gasteiger partial charge in [0.1, 0.15) is 10.8 Å². The van der Waals surface area contributed by atoms with Gasteiger partial charge in [-0.25, -0.2) is 4.39 Å². The molecule has 1 saturated heterocycles. The molecule has 1 saturated carbocycles. The SMILES string of the molecule is NC(=S)c1ccc(N2CCC3(CCCC3)CC2)cc1F. The minimum absolute atomic E-state index is 0.123. The van der Waals surface area contributed by atoms with Crippen molar-refractivity contribution >= 4 is 22.9 Å². The van der Waals surface area contributed by atoms with Crippen LogP contribution in [-0.4, -0.2) is 18.1 Å². The van der Waals surface area contributed by atoms with E-state index in [1.807, 2.05) is 6.07 Å². The molecule has 0 unspecified atom stereocenters. The van der Waals surface area contributed by atoms with Crippen LogP contribution < -0.4 is 10.6 Å². The standard InChI is InChI=1S/C16H21FN2S/c17-14-11-12(3-4-13(14)15(18)20)19-9-7-16(8-10-19)5-1-2-6-16/h3-4,11H,1-2,5-10H2,(H2,18,20). The first kappa shape index (κ1) is 13.8. The fraction of sp³-hybridized carbons (Fsp3) is 0.562. The molecule has 2 fully saturated rings. The highest BCUT2D eigenvalue weighted by molar-refractivity contribution is 7.80. The predicted molar refractivity (Wildman–Crippen MR) is 84.6 cm³/mol. The quantitative estimate of drug-likeness (QED) is 0.844. The van der Waals surface area contributed by atoms with Crippen LogP contribution in [0.4, 0.5) is 10.1 Å². The normalized spacial score (nSPS) is 21.4. The zero-order valence-electron chi connectivity index (χ0n) is 11.7. The molecule has 2 N–H and O–H groups in total. The summed E-state index contributed by atoms with van der Waals surface area (Å²) in [6.07, 6.45) is 8.02. The van der Waals surface area contributed by atoms with Crippen LogP contribution in [0.5, 0.6) is 0 Å². The molecule has 3 rings (SSSR count). The summed E-state index contributed by atoms with van der Waals surface area (Å²) in [6.45, 7) is 2.07. The molecule has 20 heavy (non-hydrogen) atoms. The van der Waals surface area contributed by atoms with Crippen LogP contribution in [0.25, 0.3) is 0 Å². The van der Waals surface area contributed by atoms with E-state index in [0.717, 1.165) is 18.8 Å². The maximum atomic E-state index is 14.0. The van der Waals surface area contributed by atoms with Gasteiger partial charge in [-0.15, -0.1) is 0 Å². The summed E-state index contributed by atoms with van der Waals surface area (Å²) in [6, 6.07) is 5.21. The minimum atomic E-state index is -0.309. The summed E-state index contributed by atoms with van der Waals surface area (Å²) in [7, 11) is 0. The van der Waals surface area contributed by atoms with E-state index in [4.69, 9.17) is 18.0 Å². The van der Waals surface area contributed by atoms with Gasteiger partial charge in [0.2, 0.25) is 0 Å². The number of nitrogens with zero attached hydrogens (tertiary/aromatic N) is 1. The number of hydrogen-bond donors (Lipinski definition) is 1. The fourth-order valence-corrected chi connectivity index (χ4v) is 3.93.